The molecule has 4 rings (SSSR count). The van der Waals surface area contributed by atoms with Crippen LogP contribution in [0.4, 0.5) is 17.3 Å². The molecule has 2 N–H and O–H groups in total. The van der Waals surface area contributed by atoms with Crippen molar-refractivity contribution in [2.45, 2.75) is 14.0 Å². The van der Waals surface area contributed by atoms with Gasteiger partial charge in [0.15, 0.2) is 17.3 Å². The molecule has 0 spiro atoms. The van der Waals surface area contributed by atoms with Crippen molar-refractivity contribution < 1.29 is 9.84 Å². The van der Waals surface area contributed by atoms with E-state index in [1.54, 1.807) is 7.11 Å². The summed E-state index contributed by atoms with van der Waals surface area (Å²) < 4.78 is 5.21. The summed E-state index contributed by atoms with van der Waals surface area (Å²) in [6, 6.07) is 11.2. The van der Waals surface area contributed by atoms with Crippen molar-refractivity contribution >= 4 is 39.7 Å². The number of aliphatic hydroxyl groups is 1. The Bertz CT molecular complexity index is 1140. The molecule has 1 aromatic heterocycles. The molecule has 8 nitrogen and oxygen atoms in total. The van der Waals surface area contributed by atoms with Crippen LogP contribution >= 0.6 is 11.6 Å². The van der Waals surface area contributed by atoms with Crippen molar-refractivity contribution in [3.05, 3.63) is 58.4 Å². The first kappa shape index (κ1) is 24.5. The van der Waals surface area contributed by atoms with Crippen LogP contribution in [0.5, 0.6) is 5.75 Å². The van der Waals surface area contributed by atoms with Crippen molar-refractivity contribution in [3.8, 4) is 5.75 Å². The molecule has 174 valence electrons. The number of nitrogens with one attached hydrogen (secondary N) is 1. The summed E-state index contributed by atoms with van der Waals surface area (Å²) in [6.45, 7) is 12.1. The first-order chi connectivity index (χ1) is 15.6. The van der Waals surface area contributed by atoms with E-state index in [-0.39, 0.29) is 14.0 Å². The summed E-state index contributed by atoms with van der Waals surface area (Å²) in [5.74, 6) is 2.07. The fraction of sp³-hybridized carbons (Fsp3) is 0.375. The fourth-order valence-electron chi connectivity index (χ4n) is 3.89. The van der Waals surface area contributed by atoms with Gasteiger partial charge < -0.3 is 20.1 Å². The Hall–Kier alpha value is -3.12. The number of ether oxygens (including phenoxy) is 1. The van der Waals surface area contributed by atoms with E-state index < -0.39 is 0 Å². The number of fused-ring (bicyclic) bond motifs is 1. The second-order valence-electron chi connectivity index (χ2n) is 7.59. The Labute approximate surface area is 199 Å². The Morgan fingerprint density at radius 3 is 2.58 bits per heavy atom. The number of benzene rings is 2. The Morgan fingerprint density at radius 1 is 1.12 bits per heavy atom. The Kier molecular flexibility index (Phi) is 8.28. The van der Waals surface area contributed by atoms with E-state index >= 15 is 0 Å². The van der Waals surface area contributed by atoms with Crippen LogP contribution in [0.3, 0.4) is 0 Å². The topological polar surface area (TPSA) is 78.1 Å². The van der Waals surface area contributed by atoms with Gasteiger partial charge in [-0.05, 0) is 23.8 Å². The van der Waals surface area contributed by atoms with Crippen molar-refractivity contribution in [2.75, 3.05) is 56.7 Å². The molecule has 0 amide bonds. The molecule has 33 heavy (non-hydrogen) atoms. The minimum atomic E-state index is 0. The molecule has 1 saturated heterocycles. The van der Waals surface area contributed by atoms with Gasteiger partial charge in [0, 0.05) is 50.0 Å². The van der Waals surface area contributed by atoms with Crippen molar-refractivity contribution in [1.29, 1.82) is 0 Å². The molecule has 0 aliphatic carbocycles. The third kappa shape index (κ3) is 5.45. The molecule has 1 aliphatic heterocycles. The highest BCUT2D eigenvalue weighted by Crippen LogP contribution is 2.33. The van der Waals surface area contributed by atoms with E-state index in [9.17, 15) is 5.11 Å². The number of anilines is 2. The normalized spacial score (nSPS) is 13.9. The highest BCUT2D eigenvalue weighted by atomic mass is 35.5. The molecule has 9 heteroatoms. The maximum atomic E-state index is 9.17. The van der Waals surface area contributed by atoms with E-state index in [1.807, 2.05) is 36.4 Å². The molecular weight excluding hydrogens is 440 g/mol. The van der Waals surface area contributed by atoms with Gasteiger partial charge in [0.25, 0.3) is 0 Å². The van der Waals surface area contributed by atoms with Crippen LogP contribution < -0.4 is 15.0 Å². The van der Waals surface area contributed by atoms with Crippen molar-refractivity contribution in [2.24, 2.45) is 0 Å². The number of hydrogen-bond donors (Lipinski definition) is 2. The molecular formula is C24H29ClN6O2. The van der Waals surface area contributed by atoms with Crippen LogP contribution in [0, 0.1) is 6.57 Å². The third-order valence-corrected chi connectivity index (χ3v) is 5.93. The van der Waals surface area contributed by atoms with E-state index in [1.165, 1.54) is 0 Å². The second kappa shape index (κ2) is 11.1. The molecule has 0 radical (unpaired) electrons. The lowest BCUT2D eigenvalue weighted by molar-refractivity contribution is 0.188. The van der Waals surface area contributed by atoms with Crippen molar-refractivity contribution in [1.82, 2.24) is 15.1 Å². The number of hydrogen-bond acceptors (Lipinski definition) is 7. The minimum Gasteiger partial charge on any atom is -0.495 e. The lowest BCUT2D eigenvalue weighted by Gasteiger charge is -2.35. The standard InChI is InChI=1S/C23H25ClN6O2.CH4/c1-25-17-4-5-18-19(14-17)22(26-15-16-3-6-21(32-2)20(24)13-16)27-28-23(18)30-9-7-29(8-10-30)11-12-31;/h3-6,13-14,31H,7-12,15H2,2H3,(H,26,27);1H4. The number of aromatic nitrogens is 2. The molecule has 0 atom stereocenters. The second-order valence-corrected chi connectivity index (χ2v) is 8.00. The number of halogens is 1. The van der Waals surface area contributed by atoms with Crippen LogP contribution in [-0.4, -0.2) is 66.6 Å². The van der Waals surface area contributed by atoms with Crippen molar-refractivity contribution in [3.63, 3.8) is 0 Å². The van der Waals surface area contributed by atoms with Gasteiger partial charge in [0.1, 0.15) is 5.75 Å². The first-order valence-corrected chi connectivity index (χ1v) is 10.8. The Morgan fingerprint density at radius 2 is 1.91 bits per heavy atom. The van der Waals surface area contributed by atoms with E-state index in [0.29, 0.717) is 35.4 Å². The predicted octanol–water partition coefficient (Wildman–Crippen LogP) is 4.21. The van der Waals surface area contributed by atoms with Gasteiger partial charge in [-0.2, -0.15) is 0 Å². The summed E-state index contributed by atoms with van der Waals surface area (Å²) >= 11 is 6.25. The van der Waals surface area contributed by atoms with Crippen LogP contribution in [0.1, 0.15) is 13.0 Å². The predicted molar refractivity (Wildman–Crippen MR) is 134 cm³/mol. The molecule has 2 heterocycles. The average Bonchev–Trinajstić information content (AvgIpc) is 2.83. The minimum absolute atomic E-state index is 0. The van der Waals surface area contributed by atoms with Gasteiger partial charge in [0.05, 0.1) is 25.3 Å². The zero-order valence-corrected chi connectivity index (χ0v) is 18.6. The molecule has 0 bridgehead atoms. The first-order valence-electron chi connectivity index (χ1n) is 10.4. The van der Waals surface area contributed by atoms with E-state index in [4.69, 9.17) is 22.9 Å². The quantitative estimate of drug-likeness (QED) is 0.503. The summed E-state index contributed by atoms with van der Waals surface area (Å²) in [4.78, 5) is 8.03. The van der Waals surface area contributed by atoms with Gasteiger partial charge in [-0.1, -0.05) is 37.2 Å². The number of methoxy groups -OCH3 is 1. The lowest BCUT2D eigenvalue weighted by atomic mass is 10.1. The summed E-state index contributed by atoms with van der Waals surface area (Å²) in [5.41, 5.74) is 1.54. The summed E-state index contributed by atoms with van der Waals surface area (Å²) in [6.07, 6.45) is 0. The number of nitrogens with zero attached hydrogens (tertiary/aromatic N) is 5. The smallest absolute Gasteiger partial charge is 0.188 e. The zero-order chi connectivity index (χ0) is 22.5. The Balaban J connectivity index is 0.00000306. The largest absolute Gasteiger partial charge is 0.495 e. The molecule has 3 aromatic rings. The van der Waals surface area contributed by atoms with Gasteiger partial charge in [-0.25, -0.2) is 4.85 Å². The SMILES string of the molecule is C.[C-]#[N+]c1ccc2c(N3CCN(CCO)CC3)nnc(NCc3ccc(OC)c(Cl)c3)c2c1. The van der Waals surface area contributed by atoms with Gasteiger partial charge in [-0.15, -0.1) is 10.2 Å². The molecule has 2 aromatic carbocycles. The molecule has 1 aliphatic rings. The number of rotatable bonds is 7. The summed E-state index contributed by atoms with van der Waals surface area (Å²) in [5, 5.41) is 23.9. The third-order valence-electron chi connectivity index (χ3n) is 5.64. The monoisotopic (exact) mass is 468 g/mol. The van der Waals surface area contributed by atoms with Crippen LogP contribution in [-0.2, 0) is 6.54 Å². The highest BCUT2D eigenvalue weighted by molar-refractivity contribution is 6.32. The van der Waals surface area contributed by atoms with Crippen LogP contribution in [0.2, 0.25) is 5.02 Å². The van der Waals surface area contributed by atoms with E-state index in [2.05, 4.69) is 30.2 Å². The highest BCUT2D eigenvalue weighted by Gasteiger charge is 2.21. The molecule has 0 unspecified atom stereocenters. The molecule has 0 saturated carbocycles. The number of piperazine rings is 1. The van der Waals surface area contributed by atoms with E-state index in [0.717, 1.165) is 48.3 Å². The number of β-amino-alcohol motifs (C(OH)–C–C–N with tert-alkyl or cyclic N) is 1. The van der Waals surface area contributed by atoms with Gasteiger partial charge >= 0.3 is 0 Å². The van der Waals surface area contributed by atoms with Crippen LogP contribution in [0.25, 0.3) is 15.6 Å². The molecule has 1 fully saturated rings. The van der Waals surface area contributed by atoms with Gasteiger partial charge in [0.2, 0.25) is 0 Å². The maximum Gasteiger partial charge on any atom is 0.188 e. The van der Waals surface area contributed by atoms with Gasteiger partial charge in [-0.3, -0.25) is 4.90 Å². The lowest BCUT2D eigenvalue weighted by Crippen LogP contribution is -2.47. The average molecular weight is 469 g/mol. The fourth-order valence-corrected chi connectivity index (χ4v) is 4.17. The zero-order valence-electron chi connectivity index (χ0n) is 17.9. The number of aliphatic hydroxyl groups excluding tert-OH is 1. The van der Waals surface area contributed by atoms with Crippen LogP contribution in [0.15, 0.2) is 36.4 Å². The maximum absolute atomic E-state index is 9.17. The summed E-state index contributed by atoms with van der Waals surface area (Å²) in [7, 11) is 1.59.